The van der Waals surface area contributed by atoms with E-state index in [4.69, 9.17) is 4.42 Å². The molecule has 102 valence electrons. The molecule has 1 atom stereocenters. The van der Waals surface area contributed by atoms with Crippen molar-refractivity contribution in [2.75, 3.05) is 7.05 Å². The third kappa shape index (κ3) is 2.21. The number of nitrogens with one attached hydrogen (secondary N) is 1. The Labute approximate surface area is 118 Å². The van der Waals surface area contributed by atoms with Crippen LogP contribution in [-0.2, 0) is 6.42 Å². The summed E-state index contributed by atoms with van der Waals surface area (Å²) in [6.45, 7) is 2.10. The monoisotopic (exact) mass is 266 g/mol. The lowest BCUT2D eigenvalue weighted by Gasteiger charge is -2.16. The summed E-state index contributed by atoms with van der Waals surface area (Å²) in [5.74, 6) is 1.96. The van der Waals surface area contributed by atoms with Gasteiger partial charge in [-0.25, -0.2) is 0 Å². The highest BCUT2D eigenvalue weighted by Crippen LogP contribution is 2.29. The fourth-order valence-electron chi connectivity index (χ4n) is 2.57. The second-order valence-corrected chi connectivity index (χ2v) is 4.80. The molecule has 2 aromatic heterocycles. The molecule has 1 unspecified atom stereocenters. The summed E-state index contributed by atoms with van der Waals surface area (Å²) in [6.07, 6.45) is 2.73. The van der Waals surface area contributed by atoms with E-state index in [0.717, 1.165) is 28.8 Å². The van der Waals surface area contributed by atoms with Crippen molar-refractivity contribution in [3.05, 3.63) is 65.7 Å². The second-order valence-electron chi connectivity index (χ2n) is 4.80. The molecule has 0 radical (unpaired) electrons. The number of hydrogen-bond acceptors (Lipinski definition) is 3. The molecular formula is C17H18N2O. The first kappa shape index (κ1) is 12.9. The van der Waals surface area contributed by atoms with Gasteiger partial charge in [0.25, 0.3) is 0 Å². The van der Waals surface area contributed by atoms with Crippen LogP contribution in [0.5, 0.6) is 0 Å². The standard InChI is InChI=1S/C17H18N2O/c1-3-12-9-10-16(20-12)17(18-2)14-6-4-8-15-13(14)7-5-11-19-15/h4-11,17-18H,3H2,1-2H3. The van der Waals surface area contributed by atoms with E-state index in [1.165, 1.54) is 5.56 Å². The van der Waals surface area contributed by atoms with E-state index in [2.05, 4.69) is 35.4 Å². The maximum absolute atomic E-state index is 5.91. The first-order valence-electron chi connectivity index (χ1n) is 6.93. The summed E-state index contributed by atoms with van der Waals surface area (Å²) >= 11 is 0. The molecule has 0 aliphatic carbocycles. The number of hydrogen-bond donors (Lipinski definition) is 1. The minimum atomic E-state index is 0.0446. The van der Waals surface area contributed by atoms with Gasteiger partial charge in [0.05, 0.1) is 11.6 Å². The Morgan fingerprint density at radius 3 is 2.80 bits per heavy atom. The van der Waals surface area contributed by atoms with Crippen molar-refractivity contribution in [2.24, 2.45) is 0 Å². The fraction of sp³-hybridized carbons (Fsp3) is 0.235. The minimum absolute atomic E-state index is 0.0446. The van der Waals surface area contributed by atoms with Crippen LogP contribution in [0.4, 0.5) is 0 Å². The lowest BCUT2D eigenvalue weighted by atomic mass is 9.99. The smallest absolute Gasteiger partial charge is 0.125 e. The lowest BCUT2D eigenvalue weighted by Crippen LogP contribution is -2.17. The van der Waals surface area contributed by atoms with Gasteiger partial charge >= 0.3 is 0 Å². The van der Waals surface area contributed by atoms with E-state index in [1.54, 1.807) is 0 Å². The number of nitrogens with zero attached hydrogens (tertiary/aromatic N) is 1. The van der Waals surface area contributed by atoms with Gasteiger partial charge in [-0.15, -0.1) is 0 Å². The molecule has 2 heterocycles. The molecule has 0 bridgehead atoms. The Bertz CT molecular complexity index is 712. The average Bonchev–Trinajstić information content (AvgIpc) is 2.97. The second kappa shape index (κ2) is 5.47. The van der Waals surface area contributed by atoms with Crippen LogP contribution < -0.4 is 5.32 Å². The van der Waals surface area contributed by atoms with Gasteiger partial charge in [0.1, 0.15) is 11.5 Å². The van der Waals surface area contributed by atoms with Crippen molar-refractivity contribution >= 4 is 10.9 Å². The van der Waals surface area contributed by atoms with E-state index in [9.17, 15) is 0 Å². The molecule has 3 aromatic rings. The number of furan rings is 1. The summed E-state index contributed by atoms with van der Waals surface area (Å²) in [5.41, 5.74) is 2.20. The maximum atomic E-state index is 5.91. The van der Waals surface area contributed by atoms with E-state index >= 15 is 0 Å². The molecule has 0 saturated carbocycles. The quantitative estimate of drug-likeness (QED) is 0.782. The predicted octanol–water partition coefficient (Wildman–Crippen LogP) is 3.70. The van der Waals surface area contributed by atoms with Gasteiger partial charge in [-0.1, -0.05) is 25.1 Å². The van der Waals surface area contributed by atoms with Crippen LogP contribution in [0.2, 0.25) is 0 Å². The Kier molecular flexibility index (Phi) is 3.52. The molecule has 1 aromatic carbocycles. The van der Waals surface area contributed by atoms with Crippen LogP contribution in [-0.4, -0.2) is 12.0 Å². The summed E-state index contributed by atoms with van der Waals surface area (Å²) in [4.78, 5) is 4.42. The van der Waals surface area contributed by atoms with Crippen LogP contribution >= 0.6 is 0 Å². The number of benzene rings is 1. The van der Waals surface area contributed by atoms with Gasteiger partial charge in [-0.2, -0.15) is 0 Å². The van der Waals surface area contributed by atoms with Crippen LogP contribution in [0.1, 0.15) is 30.0 Å². The van der Waals surface area contributed by atoms with Crippen LogP contribution in [0.25, 0.3) is 10.9 Å². The molecule has 0 spiro atoms. The Hall–Kier alpha value is -2.13. The zero-order valence-corrected chi connectivity index (χ0v) is 11.8. The van der Waals surface area contributed by atoms with E-state index in [-0.39, 0.29) is 6.04 Å². The van der Waals surface area contributed by atoms with E-state index < -0.39 is 0 Å². The maximum Gasteiger partial charge on any atom is 0.125 e. The molecular weight excluding hydrogens is 248 g/mol. The fourth-order valence-corrected chi connectivity index (χ4v) is 2.57. The Balaban J connectivity index is 2.11. The van der Waals surface area contributed by atoms with Gasteiger partial charge in [-0.3, -0.25) is 4.98 Å². The van der Waals surface area contributed by atoms with Crippen LogP contribution in [0.3, 0.4) is 0 Å². The Morgan fingerprint density at radius 2 is 2.05 bits per heavy atom. The first-order valence-corrected chi connectivity index (χ1v) is 6.93. The van der Waals surface area contributed by atoms with Crippen molar-refractivity contribution in [3.8, 4) is 0 Å². The van der Waals surface area contributed by atoms with E-state index in [0.29, 0.717) is 0 Å². The van der Waals surface area contributed by atoms with Crippen LogP contribution in [0.15, 0.2) is 53.1 Å². The van der Waals surface area contributed by atoms with Crippen molar-refractivity contribution < 1.29 is 4.42 Å². The molecule has 3 nitrogen and oxygen atoms in total. The highest BCUT2D eigenvalue weighted by molar-refractivity contribution is 5.82. The molecule has 0 aliphatic rings. The van der Waals surface area contributed by atoms with Crippen molar-refractivity contribution in [1.29, 1.82) is 0 Å². The highest BCUT2D eigenvalue weighted by atomic mass is 16.3. The minimum Gasteiger partial charge on any atom is -0.464 e. The number of pyridine rings is 1. The summed E-state index contributed by atoms with van der Waals surface area (Å²) in [6, 6.07) is 14.4. The number of rotatable bonds is 4. The lowest BCUT2D eigenvalue weighted by molar-refractivity contribution is 0.435. The molecule has 1 N–H and O–H groups in total. The molecule has 20 heavy (non-hydrogen) atoms. The highest BCUT2D eigenvalue weighted by Gasteiger charge is 2.18. The molecule has 0 amide bonds. The zero-order valence-electron chi connectivity index (χ0n) is 11.8. The van der Waals surface area contributed by atoms with Gasteiger partial charge in [0.2, 0.25) is 0 Å². The van der Waals surface area contributed by atoms with Crippen LogP contribution in [0, 0.1) is 0 Å². The van der Waals surface area contributed by atoms with Crippen molar-refractivity contribution in [3.63, 3.8) is 0 Å². The number of aromatic nitrogens is 1. The predicted molar refractivity (Wildman–Crippen MR) is 80.7 cm³/mol. The van der Waals surface area contributed by atoms with Crippen molar-refractivity contribution in [1.82, 2.24) is 10.3 Å². The molecule has 0 fully saturated rings. The average molecular weight is 266 g/mol. The Morgan fingerprint density at radius 1 is 1.15 bits per heavy atom. The van der Waals surface area contributed by atoms with Gasteiger partial charge in [-0.05, 0) is 36.9 Å². The largest absolute Gasteiger partial charge is 0.464 e. The summed E-state index contributed by atoms with van der Waals surface area (Å²) in [5, 5.41) is 4.50. The topological polar surface area (TPSA) is 38.1 Å². The third-order valence-corrected chi connectivity index (χ3v) is 3.59. The zero-order chi connectivity index (χ0) is 13.9. The van der Waals surface area contributed by atoms with Gasteiger partial charge in [0.15, 0.2) is 0 Å². The van der Waals surface area contributed by atoms with E-state index in [1.807, 2.05) is 37.5 Å². The normalized spacial score (nSPS) is 12.7. The number of fused-ring (bicyclic) bond motifs is 1. The van der Waals surface area contributed by atoms with Crippen molar-refractivity contribution in [2.45, 2.75) is 19.4 Å². The first-order chi connectivity index (χ1) is 9.83. The SMILES string of the molecule is CCc1ccc(C(NC)c2cccc3ncccc23)o1. The molecule has 0 saturated heterocycles. The third-order valence-electron chi connectivity index (χ3n) is 3.59. The van der Waals surface area contributed by atoms with Gasteiger partial charge in [0, 0.05) is 18.0 Å². The van der Waals surface area contributed by atoms with Gasteiger partial charge < -0.3 is 9.73 Å². The molecule has 3 rings (SSSR count). The molecule has 0 aliphatic heterocycles. The summed E-state index contributed by atoms with van der Waals surface area (Å²) < 4.78 is 5.91. The number of aryl methyl sites for hydroxylation is 1. The summed E-state index contributed by atoms with van der Waals surface area (Å²) in [7, 11) is 1.95. The molecule has 3 heteroatoms.